The zero-order chi connectivity index (χ0) is 56.3. The number of hydrogen-bond acceptors (Lipinski definition) is 0. The van der Waals surface area contributed by atoms with E-state index in [9.17, 15) is 8.78 Å². The lowest BCUT2D eigenvalue weighted by molar-refractivity contribution is 0.320. The van der Waals surface area contributed by atoms with Crippen LogP contribution in [0.1, 0.15) is 256 Å². The Morgan fingerprint density at radius 3 is 1.09 bits per heavy atom. The van der Waals surface area contributed by atoms with Crippen molar-refractivity contribution in [2.75, 3.05) is 0 Å². The smallest absolute Gasteiger partial charge is 0.142 e. The summed E-state index contributed by atoms with van der Waals surface area (Å²) in [6.45, 7) is 64.6. The van der Waals surface area contributed by atoms with Crippen LogP contribution in [0.25, 0.3) is 0 Å². The van der Waals surface area contributed by atoms with Gasteiger partial charge < -0.3 is 0 Å². The summed E-state index contributed by atoms with van der Waals surface area (Å²) in [4.78, 5) is 0. The molecule has 0 atom stereocenters. The van der Waals surface area contributed by atoms with Gasteiger partial charge >= 0.3 is 0 Å². The van der Waals surface area contributed by atoms with Crippen LogP contribution in [0.4, 0.5) is 8.78 Å². The maximum atomic E-state index is 13.0. The molecule has 0 amide bonds. The molecule has 1 fully saturated rings. The molecule has 0 heterocycles. The Morgan fingerprint density at radius 1 is 0.486 bits per heavy atom. The van der Waals surface area contributed by atoms with E-state index in [-0.39, 0.29) is 27.5 Å². The van der Waals surface area contributed by atoms with Crippen molar-refractivity contribution < 1.29 is 8.78 Å². The molecule has 3 aromatic carbocycles. The molecule has 0 nitrogen and oxygen atoms in total. The number of benzene rings is 3. The van der Waals surface area contributed by atoms with Crippen LogP contribution in [0.15, 0.2) is 66.7 Å². The lowest BCUT2D eigenvalue weighted by atomic mass is 9.86. The average molecular weight is 1020 g/mol. The molecule has 0 radical (unpaired) electrons. The summed E-state index contributed by atoms with van der Waals surface area (Å²) in [7, 11) is 0. The first-order valence-corrected chi connectivity index (χ1v) is 27.7. The fourth-order valence-corrected chi connectivity index (χ4v) is 6.90. The summed E-state index contributed by atoms with van der Waals surface area (Å²) in [6, 6.07) is 19.9. The third kappa shape index (κ3) is 62.2. The molecule has 0 aliphatic heterocycles. The first kappa shape index (κ1) is 74.6. The molecule has 1 aliphatic rings. The molecule has 0 aromatic heterocycles. The fourth-order valence-electron chi connectivity index (χ4n) is 6.66. The third-order valence-corrected chi connectivity index (χ3v) is 10.4. The van der Waals surface area contributed by atoms with E-state index in [1.807, 2.05) is 24.3 Å². The van der Waals surface area contributed by atoms with Gasteiger partial charge in [-0.25, -0.2) is 8.78 Å². The molecule has 410 valence electrons. The molecule has 0 unspecified atom stereocenters. The van der Waals surface area contributed by atoms with Crippen LogP contribution >= 0.6 is 23.2 Å². The van der Waals surface area contributed by atoms with E-state index in [2.05, 4.69) is 213 Å². The molecule has 0 N–H and O–H groups in total. The maximum absolute atomic E-state index is 13.0. The van der Waals surface area contributed by atoms with E-state index in [0.29, 0.717) is 32.5 Å². The predicted molar refractivity (Wildman–Crippen MR) is 319 cm³/mol. The van der Waals surface area contributed by atoms with E-state index in [0.717, 1.165) is 47.2 Å². The summed E-state index contributed by atoms with van der Waals surface area (Å²) in [5.41, 5.74) is 6.91. The molecule has 3 aromatic rings. The highest BCUT2D eigenvalue weighted by atomic mass is 35.5. The van der Waals surface area contributed by atoms with E-state index in [1.54, 1.807) is 18.2 Å². The van der Waals surface area contributed by atoms with Crippen molar-refractivity contribution in [2.45, 2.75) is 259 Å². The van der Waals surface area contributed by atoms with Crippen molar-refractivity contribution >= 4 is 23.2 Å². The fraction of sp³-hybridized carbons (Fsp3) is 0.727. The Morgan fingerprint density at radius 2 is 0.857 bits per heavy atom. The summed E-state index contributed by atoms with van der Waals surface area (Å²) < 4.78 is 25.8. The molecule has 0 saturated heterocycles. The molecule has 4 rings (SSSR count). The monoisotopic (exact) mass is 1020 g/mol. The van der Waals surface area contributed by atoms with Gasteiger partial charge in [-0.15, -0.1) is 0 Å². The van der Waals surface area contributed by atoms with Crippen molar-refractivity contribution in [2.24, 2.45) is 55.2 Å². The minimum absolute atomic E-state index is 0.142. The Balaban J connectivity index is -0.000000363. The summed E-state index contributed by atoms with van der Waals surface area (Å²) in [6.07, 6.45) is 11.1. The zero-order valence-corrected chi connectivity index (χ0v) is 53.4. The highest BCUT2D eigenvalue weighted by Crippen LogP contribution is 2.44. The molecule has 0 bridgehead atoms. The van der Waals surface area contributed by atoms with E-state index < -0.39 is 0 Å². The second-order valence-electron chi connectivity index (χ2n) is 30.2. The second-order valence-corrected chi connectivity index (χ2v) is 31.1. The molecular formula is C66H118Cl2F2. The van der Waals surface area contributed by atoms with E-state index in [1.165, 1.54) is 56.2 Å². The number of hydrogen-bond donors (Lipinski definition) is 0. The van der Waals surface area contributed by atoms with Crippen LogP contribution in [0, 0.1) is 66.8 Å². The van der Waals surface area contributed by atoms with Gasteiger partial charge in [0.15, 0.2) is 0 Å². The van der Waals surface area contributed by atoms with E-state index in [4.69, 9.17) is 23.2 Å². The molecular weight excluding hydrogens is 902 g/mol. The lowest BCUT2D eigenvalue weighted by Crippen LogP contribution is -2.09. The Bertz CT molecular complexity index is 1720. The van der Waals surface area contributed by atoms with Crippen LogP contribution in [0.5, 0.6) is 0 Å². The second kappa shape index (κ2) is 33.8. The quantitative estimate of drug-likeness (QED) is 0.239. The minimum Gasteiger partial charge on any atom is -0.207 e. The first-order valence-electron chi connectivity index (χ1n) is 26.9. The van der Waals surface area contributed by atoms with Gasteiger partial charge in [-0.3, -0.25) is 0 Å². The SMILES string of the molecule is CC(C)(C)C.CC(C)(C)C1CC1.CC(C)(C)Cc1ccc(Cl)c(F)c1.CC(C)(C)Cc1ccc(Cl)cc1.CC(C)(C)Cc1cccc(F)c1.CC(C)CC(C)(C)C.CCC(C)(C)C.CCCC(C)(C)C. The van der Waals surface area contributed by atoms with Crippen LogP contribution in [-0.4, -0.2) is 0 Å². The van der Waals surface area contributed by atoms with Gasteiger partial charge in [0.25, 0.3) is 0 Å². The van der Waals surface area contributed by atoms with Crippen LogP contribution < -0.4 is 0 Å². The number of rotatable bonds is 5. The highest BCUT2D eigenvalue weighted by molar-refractivity contribution is 6.30. The highest BCUT2D eigenvalue weighted by Gasteiger charge is 2.33. The van der Waals surface area contributed by atoms with Gasteiger partial charge in [0.1, 0.15) is 11.6 Å². The third-order valence-electron chi connectivity index (χ3n) is 9.87. The van der Waals surface area contributed by atoms with Crippen molar-refractivity contribution in [3.8, 4) is 0 Å². The van der Waals surface area contributed by atoms with Crippen LogP contribution in [0.3, 0.4) is 0 Å². The average Bonchev–Trinajstić information content (AvgIpc) is 3.95. The van der Waals surface area contributed by atoms with Gasteiger partial charge in [-0.05, 0) is 153 Å². The van der Waals surface area contributed by atoms with Gasteiger partial charge in [-0.2, -0.15) is 0 Å². The van der Waals surface area contributed by atoms with Crippen LogP contribution in [-0.2, 0) is 19.3 Å². The van der Waals surface area contributed by atoms with Gasteiger partial charge in [0, 0.05) is 5.02 Å². The molecule has 70 heavy (non-hydrogen) atoms. The summed E-state index contributed by atoms with van der Waals surface area (Å²) >= 11 is 11.4. The summed E-state index contributed by atoms with van der Waals surface area (Å²) in [5, 5.41) is 1.00. The van der Waals surface area contributed by atoms with Crippen LogP contribution in [0.2, 0.25) is 10.0 Å². The minimum atomic E-state index is -0.330. The number of halogens is 4. The van der Waals surface area contributed by atoms with Crippen molar-refractivity contribution in [1.82, 2.24) is 0 Å². The van der Waals surface area contributed by atoms with Gasteiger partial charge in [0.2, 0.25) is 0 Å². The molecule has 4 heteroatoms. The maximum Gasteiger partial charge on any atom is 0.142 e. The summed E-state index contributed by atoms with van der Waals surface area (Å²) in [5.74, 6) is 1.42. The van der Waals surface area contributed by atoms with Gasteiger partial charge in [0.05, 0.1) is 5.02 Å². The molecule has 1 saturated carbocycles. The van der Waals surface area contributed by atoms with Crippen molar-refractivity contribution in [3.05, 3.63) is 105 Å². The molecule has 1 aliphatic carbocycles. The lowest BCUT2D eigenvalue weighted by Gasteiger charge is -2.19. The first-order chi connectivity index (χ1) is 31.0. The predicted octanol–water partition coefficient (Wildman–Crippen LogP) is 24.3. The van der Waals surface area contributed by atoms with Gasteiger partial charge in [-0.1, -0.05) is 267 Å². The molecule has 0 spiro atoms. The Hall–Kier alpha value is -1.90. The normalized spacial score (nSPS) is 13.0. The standard InChI is InChI=1S/C11H14ClF.C11H15Cl.C11H15F.C8H18.C7H14.C7H16.C6H14.C5H12/c1-11(2,3)7-8-4-5-9(12)10(13)6-8;1-11(2,3)8-9-4-6-10(12)7-5-9;1-11(2,3)8-9-5-4-6-10(12)7-9;1-7(2)6-8(3,4)5;1-7(2,3)6-4-5-6;1-5-6-7(2,3)4;1-5-6(2,3)4;1-5(2,3)4/h4-6H,7H2,1-3H3;2*4-7H,8H2,1-3H3;7H,6H2,1-5H3;6H,4-5H2,1-3H3;5-6H2,1-4H3;5H2,1-4H3;1-4H3. The largest absolute Gasteiger partial charge is 0.207 e. The van der Waals surface area contributed by atoms with Crippen molar-refractivity contribution in [1.29, 1.82) is 0 Å². The van der Waals surface area contributed by atoms with Crippen molar-refractivity contribution in [3.63, 3.8) is 0 Å². The Labute approximate surface area is 448 Å². The van der Waals surface area contributed by atoms with E-state index >= 15 is 0 Å². The topological polar surface area (TPSA) is 0 Å². The Kier molecular flexibility index (Phi) is 36.1. The zero-order valence-electron chi connectivity index (χ0n) is 51.9.